The molecule has 26 heavy (non-hydrogen) atoms. The van der Waals surface area contributed by atoms with Crippen molar-refractivity contribution < 1.29 is 14.3 Å². The first-order chi connectivity index (χ1) is 12.6. The van der Waals surface area contributed by atoms with Crippen LogP contribution in [0.3, 0.4) is 0 Å². The number of anilines is 2. The van der Waals surface area contributed by atoms with E-state index in [1.54, 1.807) is 68.1 Å². The highest BCUT2D eigenvalue weighted by atomic mass is 32.1. The summed E-state index contributed by atoms with van der Waals surface area (Å²) in [7, 11) is 1.56. The lowest BCUT2D eigenvalue weighted by atomic mass is 10.1. The van der Waals surface area contributed by atoms with Crippen LogP contribution in [0.5, 0.6) is 5.75 Å². The molecule has 0 aliphatic heterocycles. The molecule has 0 bridgehead atoms. The Kier molecular flexibility index (Phi) is 5.28. The molecule has 0 saturated heterocycles. The highest BCUT2D eigenvalue weighted by Gasteiger charge is 2.16. The molecule has 6 nitrogen and oxygen atoms in total. The molecule has 2 amide bonds. The fourth-order valence-electron chi connectivity index (χ4n) is 2.39. The fraction of sp³-hybridized carbons (Fsp3) is 0.105. The molecule has 2 N–H and O–H groups in total. The molecule has 0 radical (unpaired) electrons. The molecular weight excluding hydrogens is 350 g/mol. The van der Waals surface area contributed by atoms with E-state index in [1.807, 2.05) is 0 Å². The van der Waals surface area contributed by atoms with Gasteiger partial charge in [-0.2, -0.15) is 0 Å². The van der Waals surface area contributed by atoms with Gasteiger partial charge in [-0.3, -0.25) is 9.59 Å². The Morgan fingerprint density at radius 2 is 1.85 bits per heavy atom. The van der Waals surface area contributed by atoms with Gasteiger partial charge in [0.05, 0.1) is 29.6 Å². The van der Waals surface area contributed by atoms with Crippen molar-refractivity contribution in [2.24, 2.45) is 0 Å². The van der Waals surface area contributed by atoms with Crippen LogP contribution in [0.25, 0.3) is 0 Å². The number of ether oxygens (including phenoxy) is 1. The molecule has 0 fully saturated rings. The van der Waals surface area contributed by atoms with Gasteiger partial charge in [0.2, 0.25) is 0 Å². The molecule has 1 heterocycles. The lowest BCUT2D eigenvalue weighted by molar-refractivity contribution is 0.102. The first-order valence-electron chi connectivity index (χ1n) is 7.84. The monoisotopic (exact) mass is 367 g/mol. The number of rotatable bonds is 5. The van der Waals surface area contributed by atoms with Crippen molar-refractivity contribution in [2.45, 2.75) is 6.92 Å². The van der Waals surface area contributed by atoms with Crippen molar-refractivity contribution in [3.63, 3.8) is 0 Å². The van der Waals surface area contributed by atoms with Crippen LogP contribution < -0.4 is 15.4 Å². The lowest BCUT2D eigenvalue weighted by Crippen LogP contribution is -2.18. The van der Waals surface area contributed by atoms with Gasteiger partial charge in [-0.15, -0.1) is 11.3 Å². The summed E-state index contributed by atoms with van der Waals surface area (Å²) in [6, 6.07) is 13.9. The maximum absolute atomic E-state index is 12.7. The number of thiazole rings is 1. The number of aryl methyl sites for hydroxylation is 1. The lowest BCUT2D eigenvalue weighted by Gasteiger charge is -2.11. The fourth-order valence-corrected chi connectivity index (χ4v) is 3.09. The number of para-hydroxylation sites is 1. The first kappa shape index (κ1) is 17.6. The standard InChI is InChI=1S/C19H17N3O3S/c1-12-17(26-11-20-12)19(24)22-16-9-4-3-8-15(16)18(23)21-13-6-5-7-14(10-13)25-2/h3-11H,1-2H3,(H,21,23)(H,22,24). The molecule has 0 aliphatic rings. The zero-order valence-corrected chi connectivity index (χ0v) is 15.1. The van der Waals surface area contributed by atoms with Crippen molar-refractivity contribution in [3.8, 4) is 5.75 Å². The number of carbonyl (C=O) groups is 2. The highest BCUT2D eigenvalue weighted by molar-refractivity contribution is 7.12. The Morgan fingerprint density at radius 3 is 2.58 bits per heavy atom. The van der Waals surface area contributed by atoms with Crippen LogP contribution in [0.2, 0.25) is 0 Å². The molecule has 0 aliphatic carbocycles. The van der Waals surface area contributed by atoms with E-state index >= 15 is 0 Å². The van der Waals surface area contributed by atoms with Gasteiger partial charge < -0.3 is 15.4 Å². The van der Waals surface area contributed by atoms with E-state index < -0.39 is 0 Å². The quantitative estimate of drug-likeness (QED) is 0.715. The molecule has 3 rings (SSSR count). The van der Waals surface area contributed by atoms with Crippen LogP contribution in [0.15, 0.2) is 54.0 Å². The predicted molar refractivity (Wildman–Crippen MR) is 102 cm³/mol. The van der Waals surface area contributed by atoms with Crippen molar-refractivity contribution in [1.29, 1.82) is 0 Å². The number of carbonyl (C=O) groups excluding carboxylic acids is 2. The van der Waals surface area contributed by atoms with E-state index in [0.717, 1.165) is 0 Å². The van der Waals surface area contributed by atoms with E-state index in [-0.39, 0.29) is 11.8 Å². The van der Waals surface area contributed by atoms with Gasteiger partial charge in [0.25, 0.3) is 11.8 Å². The molecule has 0 spiro atoms. The minimum Gasteiger partial charge on any atom is -0.497 e. The summed E-state index contributed by atoms with van der Waals surface area (Å²) in [5.74, 6) is 0.0341. The average Bonchev–Trinajstić information content (AvgIpc) is 3.08. The number of hydrogen-bond donors (Lipinski definition) is 2. The van der Waals surface area contributed by atoms with Crippen LogP contribution in [-0.2, 0) is 0 Å². The van der Waals surface area contributed by atoms with Gasteiger partial charge in [-0.25, -0.2) is 4.98 Å². The molecule has 0 atom stereocenters. The third-order valence-corrected chi connectivity index (χ3v) is 4.63. The van der Waals surface area contributed by atoms with Crippen LogP contribution in [0.4, 0.5) is 11.4 Å². The Labute approximate surface area is 154 Å². The highest BCUT2D eigenvalue weighted by Crippen LogP contribution is 2.22. The Bertz CT molecular complexity index is 952. The van der Waals surface area contributed by atoms with E-state index in [0.29, 0.717) is 33.3 Å². The maximum Gasteiger partial charge on any atom is 0.267 e. The summed E-state index contributed by atoms with van der Waals surface area (Å²) < 4.78 is 5.16. The third kappa shape index (κ3) is 3.89. The second-order valence-corrected chi connectivity index (χ2v) is 6.31. The number of methoxy groups -OCH3 is 1. The minimum absolute atomic E-state index is 0.286. The molecule has 0 unspecified atom stereocenters. The molecule has 2 aromatic carbocycles. The number of benzene rings is 2. The second kappa shape index (κ2) is 7.79. The van der Waals surface area contributed by atoms with Gasteiger partial charge in [-0.05, 0) is 31.2 Å². The summed E-state index contributed by atoms with van der Waals surface area (Å²) >= 11 is 1.26. The molecular formula is C19H17N3O3S. The molecule has 0 saturated carbocycles. The summed E-state index contributed by atoms with van der Waals surface area (Å²) in [5.41, 5.74) is 3.68. The summed E-state index contributed by atoms with van der Waals surface area (Å²) in [4.78, 5) is 29.7. The first-order valence-corrected chi connectivity index (χ1v) is 8.72. The average molecular weight is 367 g/mol. The molecule has 3 aromatic rings. The van der Waals surface area contributed by atoms with E-state index in [2.05, 4.69) is 15.6 Å². The maximum atomic E-state index is 12.7. The van der Waals surface area contributed by atoms with Gasteiger partial charge in [0, 0.05) is 11.8 Å². The normalized spacial score (nSPS) is 10.2. The van der Waals surface area contributed by atoms with E-state index in [9.17, 15) is 9.59 Å². The predicted octanol–water partition coefficient (Wildman–Crippen LogP) is 3.96. The number of nitrogens with zero attached hydrogens (tertiary/aromatic N) is 1. The van der Waals surface area contributed by atoms with Crippen molar-refractivity contribution in [2.75, 3.05) is 17.7 Å². The molecule has 1 aromatic heterocycles. The largest absolute Gasteiger partial charge is 0.497 e. The minimum atomic E-state index is -0.324. The van der Waals surface area contributed by atoms with Crippen molar-refractivity contribution in [1.82, 2.24) is 4.98 Å². The molecule has 7 heteroatoms. The van der Waals surface area contributed by atoms with Crippen LogP contribution in [0.1, 0.15) is 25.7 Å². The smallest absolute Gasteiger partial charge is 0.267 e. The van der Waals surface area contributed by atoms with Crippen LogP contribution >= 0.6 is 11.3 Å². The summed E-state index contributed by atoms with van der Waals surface area (Å²) in [6.07, 6.45) is 0. The zero-order chi connectivity index (χ0) is 18.5. The van der Waals surface area contributed by atoms with Gasteiger partial charge in [-0.1, -0.05) is 18.2 Å². The van der Waals surface area contributed by atoms with Gasteiger partial charge in [0.1, 0.15) is 10.6 Å². The summed E-state index contributed by atoms with van der Waals surface area (Å²) in [6.45, 7) is 1.77. The van der Waals surface area contributed by atoms with E-state index in [1.165, 1.54) is 11.3 Å². The molecule has 132 valence electrons. The third-order valence-electron chi connectivity index (χ3n) is 3.70. The van der Waals surface area contributed by atoms with Gasteiger partial charge in [0.15, 0.2) is 0 Å². The summed E-state index contributed by atoms with van der Waals surface area (Å²) in [5, 5.41) is 5.60. The van der Waals surface area contributed by atoms with Crippen LogP contribution in [-0.4, -0.2) is 23.9 Å². The number of aromatic nitrogens is 1. The number of hydrogen-bond acceptors (Lipinski definition) is 5. The van der Waals surface area contributed by atoms with Gasteiger partial charge >= 0.3 is 0 Å². The Hall–Kier alpha value is -3.19. The van der Waals surface area contributed by atoms with Crippen LogP contribution in [0, 0.1) is 6.92 Å². The number of amides is 2. The van der Waals surface area contributed by atoms with Crippen molar-refractivity contribution in [3.05, 3.63) is 70.2 Å². The Morgan fingerprint density at radius 1 is 1.04 bits per heavy atom. The second-order valence-electron chi connectivity index (χ2n) is 5.45. The topological polar surface area (TPSA) is 80.3 Å². The SMILES string of the molecule is COc1cccc(NC(=O)c2ccccc2NC(=O)c2scnc2C)c1. The van der Waals surface area contributed by atoms with E-state index in [4.69, 9.17) is 4.74 Å². The van der Waals surface area contributed by atoms with Crippen molar-refractivity contribution >= 4 is 34.5 Å². The number of nitrogens with one attached hydrogen (secondary N) is 2. The zero-order valence-electron chi connectivity index (χ0n) is 14.3. The Balaban J connectivity index is 1.81.